The highest BCUT2D eigenvalue weighted by molar-refractivity contribution is 5.33. The highest BCUT2D eigenvalue weighted by atomic mass is 16.5. The Kier molecular flexibility index (Phi) is 5.85. The molecular weight excluding hydrogens is 228 g/mol. The zero-order chi connectivity index (χ0) is 13.4. The van der Waals surface area contributed by atoms with Gasteiger partial charge in [0.2, 0.25) is 5.88 Å². The third kappa shape index (κ3) is 4.49. The number of ether oxygens (including phenoxy) is 1. The third-order valence-electron chi connectivity index (χ3n) is 3.10. The van der Waals surface area contributed by atoms with Gasteiger partial charge in [-0.2, -0.15) is 4.98 Å². The van der Waals surface area contributed by atoms with Crippen molar-refractivity contribution < 1.29 is 4.74 Å². The Balaban J connectivity index is 2.56. The molecule has 1 heterocycles. The van der Waals surface area contributed by atoms with Crippen LogP contribution in [-0.2, 0) is 0 Å². The lowest BCUT2D eigenvalue weighted by molar-refractivity contribution is 0.304. The number of nitrogens with zero attached hydrogens (tertiary/aromatic N) is 2. The normalized spacial score (nSPS) is 11.3. The molecule has 5 heteroatoms. The van der Waals surface area contributed by atoms with Gasteiger partial charge in [0.05, 0.1) is 19.0 Å². The molecule has 0 aliphatic carbocycles. The van der Waals surface area contributed by atoms with E-state index >= 15 is 0 Å². The zero-order valence-electron chi connectivity index (χ0n) is 11.6. The molecule has 0 saturated heterocycles. The van der Waals surface area contributed by atoms with E-state index in [1.54, 1.807) is 12.4 Å². The van der Waals surface area contributed by atoms with Crippen molar-refractivity contribution in [1.29, 1.82) is 0 Å². The second-order valence-electron chi connectivity index (χ2n) is 4.51. The molecule has 1 rings (SSSR count). The Morgan fingerprint density at radius 2 is 2.00 bits per heavy atom. The summed E-state index contributed by atoms with van der Waals surface area (Å²) in [5.74, 6) is 1.26. The fraction of sp³-hybridized carbons (Fsp3) is 0.692. The van der Waals surface area contributed by atoms with Gasteiger partial charge < -0.3 is 15.8 Å². The molecule has 0 unspecified atom stereocenters. The van der Waals surface area contributed by atoms with Crippen molar-refractivity contribution in [2.45, 2.75) is 45.6 Å². The average Bonchev–Trinajstić information content (AvgIpc) is 2.43. The summed E-state index contributed by atoms with van der Waals surface area (Å²) in [4.78, 5) is 8.43. The van der Waals surface area contributed by atoms with Crippen LogP contribution in [0.15, 0.2) is 12.4 Å². The first kappa shape index (κ1) is 14.7. The first-order chi connectivity index (χ1) is 8.63. The van der Waals surface area contributed by atoms with Gasteiger partial charge in [-0.3, -0.25) is 4.98 Å². The van der Waals surface area contributed by atoms with Crippen molar-refractivity contribution in [1.82, 2.24) is 9.97 Å². The second-order valence-corrected chi connectivity index (χ2v) is 4.51. The van der Waals surface area contributed by atoms with Gasteiger partial charge in [0.25, 0.3) is 0 Å². The minimum Gasteiger partial charge on any atom is -0.477 e. The number of rotatable bonds is 8. The van der Waals surface area contributed by atoms with Gasteiger partial charge >= 0.3 is 0 Å². The van der Waals surface area contributed by atoms with Crippen LogP contribution in [0.5, 0.6) is 5.88 Å². The van der Waals surface area contributed by atoms with Crippen LogP contribution in [0.1, 0.15) is 40.0 Å². The molecule has 0 fully saturated rings. The first-order valence-electron chi connectivity index (χ1n) is 6.61. The summed E-state index contributed by atoms with van der Waals surface area (Å²) in [5, 5.41) is 3.23. The minimum absolute atomic E-state index is 0.192. The van der Waals surface area contributed by atoms with E-state index in [2.05, 4.69) is 36.1 Å². The Morgan fingerprint density at radius 1 is 1.28 bits per heavy atom. The molecule has 0 bridgehead atoms. The topological polar surface area (TPSA) is 73.1 Å². The molecule has 0 radical (unpaired) electrons. The fourth-order valence-corrected chi connectivity index (χ4v) is 1.48. The number of anilines is 1. The maximum Gasteiger partial charge on any atom is 0.234 e. The molecule has 3 N–H and O–H groups in total. The molecule has 5 nitrogen and oxygen atoms in total. The van der Waals surface area contributed by atoms with E-state index in [4.69, 9.17) is 10.5 Å². The van der Waals surface area contributed by atoms with Gasteiger partial charge in [0.1, 0.15) is 5.82 Å². The molecule has 0 aliphatic rings. The van der Waals surface area contributed by atoms with Gasteiger partial charge in [-0.25, -0.2) is 0 Å². The van der Waals surface area contributed by atoms with Crippen LogP contribution in [0.4, 0.5) is 5.82 Å². The standard InChI is InChI=1S/C13H24N4O/c1-4-7-18-12-9-15-8-11(17-12)16-10-13(14,5-2)6-3/h8-9H,4-7,10,14H2,1-3H3,(H,16,17). The Morgan fingerprint density at radius 3 is 2.61 bits per heavy atom. The fourth-order valence-electron chi connectivity index (χ4n) is 1.48. The average molecular weight is 252 g/mol. The molecule has 1 aromatic heterocycles. The van der Waals surface area contributed by atoms with Crippen molar-refractivity contribution in [2.75, 3.05) is 18.5 Å². The molecule has 0 saturated carbocycles. The van der Waals surface area contributed by atoms with Gasteiger partial charge in [0, 0.05) is 12.1 Å². The van der Waals surface area contributed by atoms with E-state index in [9.17, 15) is 0 Å². The lowest BCUT2D eigenvalue weighted by Gasteiger charge is -2.27. The van der Waals surface area contributed by atoms with E-state index in [1.807, 2.05) is 0 Å². The molecular formula is C13H24N4O. The monoisotopic (exact) mass is 252 g/mol. The van der Waals surface area contributed by atoms with Crippen LogP contribution < -0.4 is 15.8 Å². The Bertz CT molecular complexity index is 353. The largest absolute Gasteiger partial charge is 0.477 e. The second kappa shape index (κ2) is 7.16. The summed E-state index contributed by atoms with van der Waals surface area (Å²) in [6.45, 7) is 7.59. The molecule has 0 atom stereocenters. The van der Waals surface area contributed by atoms with E-state index in [1.165, 1.54) is 0 Å². The van der Waals surface area contributed by atoms with E-state index < -0.39 is 0 Å². The number of hydrogen-bond acceptors (Lipinski definition) is 5. The van der Waals surface area contributed by atoms with Crippen LogP contribution in [0.25, 0.3) is 0 Å². The molecule has 0 spiro atoms. The number of hydrogen-bond donors (Lipinski definition) is 2. The summed E-state index contributed by atoms with van der Waals surface area (Å²) < 4.78 is 5.44. The van der Waals surface area contributed by atoms with E-state index in [0.717, 1.165) is 19.3 Å². The molecule has 0 aromatic carbocycles. The number of nitrogens with one attached hydrogen (secondary N) is 1. The molecule has 1 aromatic rings. The molecule has 18 heavy (non-hydrogen) atoms. The first-order valence-corrected chi connectivity index (χ1v) is 6.61. The van der Waals surface area contributed by atoms with Crippen molar-refractivity contribution in [3.8, 4) is 5.88 Å². The Hall–Kier alpha value is -1.36. The molecule has 0 amide bonds. The third-order valence-corrected chi connectivity index (χ3v) is 3.10. The van der Waals surface area contributed by atoms with Crippen molar-refractivity contribution in [2.24, 2.45) is 5.73 Å². The smallest absolute Gasteiger partial charge is 0.234 e. The maximum absolute atomic E-state index is 6.22. The van der Waals surface area contributed by atoms with Gasteiger partial charge in [-0.15, -0.1) is 0 Å². The van der Waals surface area contributed by atoms with Crippen molar-refractivity contribution >= 4 is 5.82 Å². The molecule has 102 valence electrons. The quantitative estimate of drug-likeness (QED) is 0.742. The summed E-state index contributed by atoms with van der Waals surface area (Å²) in [7, 11) is 0. The van der Waals surface area contributed by atoms with Gasteiger partial charge in [0.15, 0.2) is 0 Å². The summed E-state index contributed by atoms with van der Waals surface area (Å²) in [6.07, 6.45) is 6.11. The minimum atomic E-state index is -0.192. The summed E-state index contributed by atoms with van der Waals surface area (Å²) >= 11 is 0. The van der Waals surface area contributed by atoms with E-state index in [0.29, 0.717) is 24.8 Å². The lowest BCUT2D eigenvalue weighted by atomic mass is 9.94. The van der Waals surface area contributed by atoms with Crippen molar-refractivity contribution in [3.05, 3.63) is 12.4 Å². The van der Waals surface area contributed by atoms with Crippen LogP contribution in [0, 0.1) is 0 Å². The van der Waals surface area contributed by atoms with Crippen LogP contribution in [-0.4, -0.2) is 28.7 Å². The highest BCUT2D eigenvalue weighted by Crippen LogP contribution is 2.14. The maximum atomic E-state index is 6.22. The highest BCUT2D eigenvalue weighted by Gasteiger charge is 2.19. The van der Waals surface area contributed by atoms with Crippen LogP contribution >= 0.6 is 0 Å². The predicted molar refractivity (Wildman–Crippen MR) is 73.8 cm³/mol. The number of aromatic nitrogens is 2. The SMILES string of the molecule is CCCOc1cncc(NCC(N)(CC)CC)n1. The van der Waals surface area contributed by atoms with Crippen LogP contribution in [0.2, 0.25) is 0 Å². The molecule has 0 aliphatic heterocycles. The van der Waals surface area contributed by atoms with Crippen LogP contribution in [0.3, 0.4) is 0 Å². The Labute approximate surface area is 109 Å². The predicted octanol–water partition coefficient (Wildman–Crippen LogP) is 2.19. The summed E-state index contributed by atoms with van der Waals surface area (Å²) in [5.41, 5.74) is 6.03. The lowest BCUT2D eigenvalue weighted by Crippen LogP contribution is -2.45. The van der Waals surface area contributed by atoms with Crippen molar-refractivity contribution in [3.63, 3.8) is 0 Å². The van der Waals surface area contributed by atoms with Gasteiger partial charge in [-0.1, -0.05) is 20.8 Å². The van der Waals surface area contributed by atoms with Gasteiger partial charge in [-0.05, 0) is 19.3 Å². The summed E-state index contributed by atoms with van der Waals surface area (Å²) in [6, 6.07) is 0. The van der Waals surface area contributed by atoms with E-state index in [-0.39, 0.29) is 5.54 Å². The number of nitrogens with two attached hydrogens (primary N) is 1. The zero-order valence-corrected chi connectivity index (χ0v) is 11.6.